The molecule has 0 aliphatic carbocycles. The van der Waals surface area contributed by atoms with Crippen LogP contribution in [0.3, 0.4) is 0 Å². The molecule has 130 valence electrons. The molecule has 2 saturated heterocycles. The largest absolute Gasteiger partial charge is 0.468 e. The van der Waals surface area contributed by atoms with Crippen molar-refractivity contribution in [3.8, 4) is 5.88 Å². The molecule has 1 aromatic heterocycles. The van der Waals surface area contributed by atoms with Crippen LogP contribution in [0, 0.1) is 0 Å². The van der Waals surface area contributed by atoms with Crippen molar-refractivity contribution < 1.29 is 14.6 Å². The molecule has 0 radical (unpaired) electrons. The third kappa shape index (κ3) is 3.39. The Morgan fingerprint density at radius 2 is 1.96 bits per heavy atom. The highest BCUT2D eigenvalue weighted by Gasteiger charge is 2.29. The fraction of sp³-hybridized carbons (Fsp3) is 0.500. The Bertz CT molecular complexity index is 696. The number of nitrogens with zero attached hydrogens (tertiary/aromatic N) is 3. The van der Waals surface area contributed by atoms with Gasteiger partial charge in [-0.15, -0.1) is 12.4 Å². The molecule has 0 bridgehead atoms. The first-order valence-electron chi connectivity index (χ1n) is 7.96. The topological polar surface area (TPSA) is 79.7 Å². The summed E-state index contributed by atoms with van der Waals surface area (Å²) in [7, 11) is 0. The van der Waals surface area contributed by atoms with Crippen molar-refractivity contribution in [3.05, 3.63) is 24.3 Å². The van der Waals surface area contributed by atoms with E-state index >= 15 is 0 Å². The van der Waals surface area contributed by atoms with Crippen LogP contribution in [0.4, 0.5) is 5.95 Å². The van der Waals surface area contributed by atoms with Crippen molar-refractivity contribution in [2.75, 3.05) is 44.3 Å². The maximum atomic E-state index is 9.93. The summed E-state index contributed by atoms with van der Waals surface area (Å²) in [6, 6.07) is 7.78. The lowest BCUT2D eigenvalue weighted by molar-refractivity contribution is 0.0715. The monoisotopic (exact) mass is 352 g/mol. The van der Waals surface area contributed by atoms with E-state index in [-0.39, 0.29) is 18.5 Å². The maximum Gasteiger partial charge on any atom is 0.229 e. The van der Waals surface area contributed by atoms with Crippen LogP contribution in [-0.2, 0) is 4.74 Å². The minimum Gasteiger partial charge on any atom is -0.468 e. The molecule has 2 atom stereocenters. The van der Waals surface area contributed by atoms with Gasteiger partial charge in [0, 0.05) is 26.2 Å². The highest BCUT2D eigenvalue weighted by atomic mass is 35.5. The predicted molar refractivity (Wildman–Crippen MR) is 93.1 cm³/mol. The smallest absolute Gasteiger partial charge is 0.229 e. The summed E-state index contributed by atoms with van der Waals surface area (Å²) in [6.45, 7) is 4.25. The summed E-state index contributed by atoms with van der Waals surface area (Å²) in [5.41, 5.74) is 0.847. The first-order chi connectivity index (χ1) is 11.3. The van der Waals surface area contributed by atoms with E-state index in [4.69, 9.17) is 9.47 Å². The number of aliphatic hydroxyl groups is 1. The van der Waals surface area contributed by atoms with Crippen LogP contribution < -0.4 is 15.0 Å². The van der Waals surface area contributed by atoms with Gasteiger partial charge >= 0.3 is 0 Å². The zero-order valence-corrected chi connectivity index (χ0v) is 14.0. The second-order valence-corrected chi connectivity index (χ2v) is 5.84. The number of benzene rings is 1. The number of piperazine rings is 1. The predicted octanol–water partition coefficient (Wildman–Crippen LogP) is 0.600. The van der Waals surface area contributed by atoms with Gasteiger partial charge in [-0.3, -0.25) is 0 Å². The number of hydrogen-bond donors (Lipinski definition) is 2. The van der Waals surface area contributed by atoms with E-state index in [2.05, 4.69) is 20.2 Å². The molecule has 0 unspecified atom stereocenters. The van der Waals surface area contributed by atoms with E-state index in [0.29, 0.717) is 25.0 Å². The average Bonchev–Trinajstić information content (AvgIpc) is 3.00. The van der Waals surface area contributed by atoms with Crippen molar-refractivity contribution in [2.45, 2.75) is 12.2 Å². The number of halogens is 1. The number of anilines is 1. The summed E-state index contributed by atoms with van der Waals surface area (Å²) >= 11 is 0. The molecule has 0 amide bonds. The van der Waals surface area contributed by atoms with Crippen LogP contribution >= 0.6 is 12.4 Å². The number of nitrogens with one attached hydrogen (secondary N) is 1. The Labute approximate surface area is 146 Å². The molecule has 1 aromatic carbocycles. The van der Waals surface area contributed by atoms with Crippen LogP contribution in [0.1, 0.15) is 0 Å². The Kier molecular flexibility index (Phi) is 5.35. The number of ether oxygens (including phenoxy) is 2. The SMILES string of the molecule is Cl.O[C@H]1COC[C@H]1Oc1nc(N2CCNCC2)nc2ccccc12. The second-order valence-electron chi connectivity index (χ2n) is 5.84. The normalized spacial score (nSPS) is 24.0. The lowest BCUT2D eigenvalue weighted by Crippen LogP contribution is -2.44. The third-order valence-corrected chi connectivity index (χ3v) is 4.22. The molecule has 2 N–H and O–H groups in total. The Morgan fingerprint density at radius 1 is 1.17 bits per heavy atom. The zero-order chi connectivity index (χ0) is 15.6. The van der Waals surface area contributed by atoms with E-state index in [1.807, 2.05) is 24.3 Å². The van der Waals surface area contributed by atoms with E-state index < -0.39 is 6.10 Å². The van der Waals surface area contributed by atoms with Crippen molar-refractivity contribution in [3.63, 3.8) is 0 Å². The Balaban J connectivity index is 0.00000169. The van der Waals surface area contributed by atoms with Crippen molar-refractivity contribution >= 4 is 29.3 Å². The van der Waals surface area contributed by atoms with Gasteiger partial charge in [-0.05, 0) is 12.1 Å². The molecule has 2 aliphatic rings. The van der Waals surface area contributed by atoms with E-state index in [1.165, 1.54) is 0 Å². The van der Waals surface area contributed by atoms with Gasteiger partial charge in [-0.25, -0.2) is 4.98 Å². The number of aliphatic hydroxyl groups excluding tert-OH is 1. The molecule has 7 nitrogen and oxygen atoms in total. The third-order valence-electron chi connectivity index (χ3n) is 4.22. The second kappa shape index (κ2) is 7.48. The van der Waals surface area contributed by atoms with Gasteiger partial charge in [0.1, 0.15) is 6.10 Å². The van der Waals surface area contributed by atoms with Crippen molar-refractivity contribution in [2.24, 2.45) is 0 Å². The van der Waals surface area contributed by atoms with Crippen LogP contribution in [0.5, 0.6) is 5.88 Å². The number of hydrogen-bond acceptors (Lipinski definition) is 7. The van der Waals surface area contributed by atoms with Crippen LogP contribution in [0.25, 0.3) is 10.9 Å². The quantitative estimate of drug-likeness (QED) is 0.837. The highest BCUT2D eigenvalue weighted by molar-refractivity contribution is 5.85. The molecule has 24 heavy (non-hydrogen) atoms. The van der Waals surface area contributed by atoms with Gasteiger partial charge in [0.05, 0.1) is 24.1 Å². The van der Waals surface area contributed by atoms with Crippen LogP contribution in [-0.4, -0.2) is 66.7 Å². The zero-order valence-electron chi connectivity index (χ0n) is 13.2. The number of fused-ring (bicyclic) bond motifs is 1. The number of para-hydroxylation sites is 1. The van der Waals surface area contributed by atoms with Gasteiger partial charge in [0.25, 0.3) is 0 Å². The van der Waals surface area contributed by atoms with Gasteiger partial charge < -0.3 is 24.8 Å². The summed E-state index contributed by atoms with van der Waals surface area (Å²) in [4.78, 5) is 11.4. The van der Waals surface area contributed by atoms with Crippen molar-refractivity contribution in [1.82, 2.24) is 15.3 Å². The first-order valence-corrected chi connectivity index (χ1v) is 7.96. The fourth-order valence-corrected chi connectivity index (χ4v) is 2.91. The fourth-order valence-electron chi connectivity index (χ4n) is 2.91. The van der Waals surface area contributed by atoms with Crippen molar-refractivity contribution in [1.29, 1.82) is 0 Å². The molecule has 0 spiro atoms. The van der Waals surface area contributed by atoms with E-state index in [9.17, 15) is 5.11 Å². The lowest BCUT2D eigenvalue weighted by atomic mass is 10.2. The molecule has 0 saturated carbocycles. The Morgan fingerprint density at radius 3 is 2.71 bits per heavy atom. The summed E-state index contributed by atoms with van der Waals surface area (Å²) < 4.78 is 11.2. The van der Waals surface area contributed by atoms with Gasteiger partial charge in [0.2, 0.25) is 11.8 Å². The minimum absolute atomic E-state index is 0. The lowest BCUT2D eigenvalue weighted by Gasteiger charge is -2.28. The number of aromatic nitrogens is 2. The standard InChI is InChI=1S/C16H20N4O3.ClH/c21-13-9-22-10-14(13)23-15-11-3-1-2-4-12(11)18-16(19-15)20-7-5-17-6-8-20;/h1-4,13-14,17,21H,5-10H2;1H/t13-,14+;/m0./s1. The summed E-state index contributed by atoms with van der Waals surface area (Å²) in [5, 5.41) is 14.1. The maximum absolute atomic E-state index is 9.93. The number of rotatable bonds is 3. The molecule has 2 aromatic rings. The molecule has 2 aliphatic heterocycles. The molecule has 8 heteroatoms. The van der Waals surface area contributed by atoms with Gasteiger partial charge in [-0.1, -0.05) is 12.1 Å². The molecule has 2 fully saturated rings. The minimum atomic E-state index is -0.619. The highest BCUT2D eigenvalue weighted by Crippen LogP contribution is 2.27. The molecule has 4 rings (SSSR count). The molecular weight excluding hydrogens is 332 g/mol. The van der Waals surface area contributed by atoms with E-state index in [0.717, 1.165) is 37.1 Å². The van der Waals surface area contributed by atoms with Gasteiger partial charge in [0.15, 0.2) is 6.10 Å². The molecular formula is C16H21ClN4O3. The van der Waals surface area contributed by atoms with Crippen LogP contribution in [0.15, 0.2) is 24.3 Å². The summed E-state index contributed by atoms with van der Waals surface area (Å²) in [5.74, 6) is 1.19. The van der Waals surface area contributed by atoms with E-state index in [1.54, 1.807) is 0 Å². The molecule has 3 heterocycles. The first kappa shape index (κ1) is 17.2. The average molecular weight is 353 g/mol. The summed E-state index contributed by atoms with van der Waals surface area (Å²) in [6.07, 6.45) is -1.00. The Hall–Kier alpha value is -1.67. The van der Waals surface area contributed by atoms with Gasteiger partial charge in [-0.2, -0.15) is 4.98 Å². The van der Waals surface area contributed by atoms with Crippen LogP contribution in [0.2, 0.25) is 0 Å².